The van der Waals surface area contributed by atoms with Gasteiger partial charge in [-0.1, -0.05) is 31.5 Å². The van der Waals surface area contributed by atoms with Crippen molar-refractivity contribution in [1.29, 1.82) is 0 Å². The molecule has 8 heteroatoms. The molecule has 0 fully saturated rings. The molecule has 0 aliphatic rings. The minimum atomic E-state index is -0.892. The van der Waals surface area contributed by atoms with Crippen LogP contribution in [0.25, 0.3) is 0 Å². The lowest BCUT2D eigenvalue weighted by molar-refractivity contribution is -0.140. The summed E-state index contributed by atoms with van der Waals surface area (Å²) in [5.41, 5.74) is 1.48. The maximum absolute atomic E-state index is 13.2. The van der Waals surface area contributed by atoms with Crippen LogP contribution in [-0.4, -0.2) is 24.2 Å². The molecule has 0 aliphatic carbocycles. The van der Waals surface area contributed by atoms with Gasteiger partial charge in [-0.15, -0.1) is 0 Å². The Labute approximate surface area is 176 Å². The van der Waals surface area contributed by atoms with Crippen molar-refractivity contribution in [3.63, 3.8) is 0 Å². The monoisotopic (exact) mass is 473 g/mol. The molecular formula is C20H22BrClFNO4. The molecular weight excluding hydrogens is 453 g/mol. The zero-order valence-corrected chi connectivity index (χ0v) is 18.1. The van der Waals surface area contributed by atoms with Crippen LogP contribution in [0.4, 0.5) is 4.39 Å². The molecule has 1 unspecified atom stereocenters. The summed E-state index contributed by atoms with van der Waals surface area (Å²) in [6, 6.07) is 7.07. The Morgan fingerprint density at radius 3 is 2.61 bits per heavy atom. The number of methoxy groups -OCH3 is 1. The van der Waals surface area contributed by atoms with Gasteiger partial charge in [0.15, 0.2) is 11.5 Å². The summed E-state index contributed by atoms with van der Waals surface area (Å²) >= 11 is 9.50. The highest BCUT2D eigenvalue weighted by atomic mass is 79.9. The zero-order chi connectivity index (χ0) is 20.8. The number of ether oxygens (including phenoxy) is 2. The van der Waals surface area contributed by atoms with Gasteiger partial charge in [-0.05, 0) is 51.7 Å². The van der Waals surface area contributed by atoms with Crippen molar-refractivity contribution in [2.45, 2.75) is 33.0 Å². The number of carboxylic acids is 1. The predicted molar refractivity (Wildman–Crippen MR) is 110 cm³/mol. The number of benzene rings is 2. The van der Waals surface area contributed by atoms with Gasteiger partial charge in [0.2, 0.25) is 0 Å². The summed E-state index contributed by atoms with van der Waals surface area (Å²) in [6.45, 7) is 4.19. The molecule has 0 saturated heterocycles. The third-order valence-electron chi connectivity index (χ3n) is 4.14. The van der Waals surface area contributed by atoms with E-state index in [-0.39, 0.29) is 17.5 Å². The first kappa shape index (κ1) is 22.5. The van der Waals surface area contributed by atoms with E-state index in [0.29, 0.717) is 28.1 Å². The van der Waals surface area contributed by atoms with E-state index in [9.17, 15) is 14.3 Å². The molecule has 0 amide bonds. The Hall–Kier alpha value is -1.83. The second-order valence-electron chi connectivity index (χ2n) is 6.57. The standard InChI is InChI=1S/C20H22BrClFNO4/c1-11(2)18(20(25)26)24-9-12-6-15(21)19(17(7-12)27-3)28-10-13-4-5-14(23)8-16(13)22/h4-8,11,18,24H,9-10H2,1-3H3,(H,25,26). The van der Waals surface area contributed by atoms with Crippen LogP contribution in [0.3, 0.4) is 0 Å². The fourth-order valence-electron chi connectivity index (χ4n) is 2.64. The van der Waals surface area contributed by atoms with Crippen molar-refractivity contribution in [3.05, 3.63) is 56.8 Å². The Kier molecular flexibility index (Phi) is 8.10. The van der Waals surface area contributed by atoms with Crippen LogP contribution in [0.2, 0.25) is 5.02 Å². The third-order valence-corrected chi connectivity index (χ3v) is 5.08. The van der Waals surface area contributed by atoms with Gasteiger partial charge in [0.1, 0.15) is 18.5 Å². The van der Waals surface area contributed by atoms with Gasteiger partial charge in [-0.25, -0.2) is 4.39 Å². The van der Waals surface area contributed by atoms with Gasteiger partial charge in [0.05, 0.1) is 16.6 Å². The number of aliphatic carboxylic acids is 1. The van der Waals surface area contributed by atoms with Crippen molar-refractivity contribution in [2.24, 2.45) is 5.92 Å². The number of carboxylic acid groups (broad SMARTS) is 1. The van der Waals surface area contributed by atoms with E-state index >= 15 is 0 Å². The number of halogens is 3. The molecule has 2 aromatic carbocycles. The van der Waals surface area contributed by atoms with E-state index in [1.807, 2.05) is 19.9 Å². The Morgan fingerprint density at radius 1 is 1.32 bits per heavy atom. The van der Waals surface area contributed by atoms with Crippen molar-refractivity contribution < 1.29 is 23.8 Å². The lowest BCUT2D eigenvalue weighted by Gasteiger charge is -2.19. The highest BCUT2D eigenvalue weighted by Gasteiger charge is 2.21. The smallest absolute Gasteiger partial charge is 0.320 e. The van der Waals surface area contributed by atoms with E-state index in [2.05, 4.69) is 21.2 Å². The van der Waals surface area contributed by atoms with Crippen LogP contribution >= 0.6 is 27.5 Å². The van der Waals surface area contributed by atoms with Crippen molar-refractivity contribution in [3.8, 4) is 11.5 Å². The van der Waals surface area contributed by atoms with Gasteiger partial charge in [-0.2, -0.15) is 0 Å². The van der Waals surface area contributed by atoms with Crippen LogP contribution in [0, 0.1) is 11.7 Å². The van der Waals surface area contributed by atoms with Gasteiger partial charge in [0.25, 0.3) is 0 Å². The van der Waals surface area contributed by atoms with E-state index in [1.165, 1.54) is 19.2 Å². The van der Waals surface area contributed by atoms with E-state index in [0.717, 1.165) is 5.56 Å². The summed E-state index contributed by atoms with van der Waals surface area (Å²) in [5.74, 6) is -0.389. The lowest BCUT2D eigenvalue weighted by Crippen LogP contribution is -2.40. The molecule has 0 bridgehead atoms. The van der Waals surface area contributed by atoms with Crippen LogP contribution < -0.4 is 14.8 Å². The van der Waals surface area contributed by atoms with Gasteiger partial charge < -0.3 is 19.9 Å². The molecule has 152 valence electrons. The quantitative estimate of drug-likeness (QED) is 0.534. The highest BCUT2D eigenvalue weighted by Crippen LogP contribution is 2.37. The number of nitrogens with one attached hydrogen (secondary N) is 1. The maximum atomic E-state index is 13.2. The first-order chi connectivity index (χ1) is 13.2. The van der Waals surface area contributed by atoms with Crippen LogP contribution in [0.5, 0.6) is 11.5 Å². The summed E-state index contributed by atoms with van der Waals surface area (Å²) < 4.78 is 25.1. The summed E-state index contributed by atoms with van der Waals surface area (Å²) in [7, 11) is 1.52. The van der Waals surface area contributed by atoms with Crippen molar-refractivity contribution in [1.82, 2.24) is 5.32 Å². The minimum Gasteiger partial charge on any atom is -0.493 e. The Morgan fingerprint density at radius 2 is 2.04 bits per heavy atom. The van der Waals surface area contributed by atoms with Crippen LogP contribution in [-0.2, 0) is 17.9 Å². The third kappa shape index (κ3) is 5.83. The largest absolute Gasteiger partial charge is 0.493 e. The average molecular weight is 475 g/mol. The topological polar surface area (TPSA) is 67.8 Å². The van der Waals surface area contributed by atoms with Crippen LogP contribution in [0.15, 0.2) is 34.8 Å². The Bertz CT molecular complexity index is 847. The van der Waals surface area contributed by atoms with Crippen LogP contribution in [0.1, 0.15) is 25.0 Å². The van der Waals surface area contributed by atoms with E-state index in [4.69, 9.17) is 21.1 Å². The lowest BCUT2D eigenvalue weighted by atomic mass is 10.0. The molecule has 0 saturated carbocycles. The molecule has 5 nitrogen and oxygen atoms in total. The number of hydrogen-bond donors (Lipinski definition) is 2. The minimum absolute atomic E-state index is 0.0501. The Balaban J connectivity index is 2.15. The summed E-state index contributed by atoms with van der Waals surface area (Å²) in [5, 5.41) is 12.6. The van der Waals surface area contributed by atoms with E-state index < -0.39 is 17.8 Å². The van der Waals surface area contributed by atoms with E-state index in [1.54, 1.807) is 12.1 Å². The first-order valence-electron chi connectivity index (χ1n) is 8.62. The normalized spacial score (nSPS) is 12.1. The molecule has 2 rings (SSSR count). The molecule has 0 aliphatic heterocycles. The fraction of sp³-hybridized carbons (Fsp3) is 0.350. The fourth-order valence-corrected chi connectivity index (χ4v) is 3.47. The molecule has 0 radical (unpaired) electrons. The second-order valence-corrected chi connectivity index (χ2v) is 7.84. The molecule has 0 heterocycles. The predicted octanol–water partition coefficient (Wildman–Crippen LogP) is 5.03. The first-order valence-corrected chi connectivity index (χ1v) is 9.79. The highest BCUT2D eigenvalue weighted by molar-refractivity contribution is 9.10. The summed E-state index contributed by atoms with van der Waals surface area (Å²) in [6.07, 6.45) is 0. The molecule has 0 spiro atoms. The number of hydrogen-bond acceptors (Lipinski definition) is 4. The van der Waals surface area contributed by atoms with Crippen molar-refractivity contribution >= 4 is 33.5 Å². The SMILES string of the molecule is COc1cc(CNC(C(=O)O)C(C)C)cc(Br)c1OCc1ccc(F)cc1Cl. The molecule has 28 heavy (non-hydrogen) atoms. The maximum Gasteiger partial charge on any atom is 0.320 e. The molecule has 2 N–H and O–H groups in total. The van der Waals surface area contributed by atoms with Crippen molar-refractivity contribution in [2.75, 3.05) is 7.11 Å². The van der Waals surface area contributed by atoms with Gasteiger partial charge in [0, 0.05) is 12.1 Å². The zero-order valence-electron chi connectivity index (χ0n) is 15.8. The number of rotatable bonds is 9. The second kappa shape index (κ2) is 10.1. The summed E-state index contributed by atoms with van der Waals surface area (Å²) in [4.78, 5) is 11.3. The molecule has 1 atom stereocenters. The number of carbonyl (C=O) groups is 1. The molecule has 2 aromatic rings. The van der Waals surface area contributed by atoms with Gasteiger partial charge in [-0.3, -0.25) is 4.79 Å². The average Bonchev–Trinajstić information content (AvgIpc) is 2.61. The molecule has 0 aromatic heterocycles. The van der Waals surface area contributed by atoms with Gasteiger partial charge >= 0.3 is 5.97 Å².